The van der Waals surface area contributed by atoms with Crippen LogP contribution in [-0.4, -0.2) is 4.92 Å². The molecule has 1 rings (SSSR count). The van der Waals surface area contributed by atoms with E-state index in [2.05, 4.69) is 20.8 Å². The van der Waals surface area contributed by atoms with Crippen molar-refractivity contribution < 1.29 is 4.92 Å². The topological polar surface area (TPSA) is 43.1 Å². The summed E-state index contributed by atoms with van der Waals surface area (Å²) < 4.78 is 0. The fraction of sp³-hybridized carbons (Fsp3) is 0.500. The Bertz CT molecular complexity index is 353. The molecule has 0 atom stereocenters. The quantitative estimate of drug-likeness (QED) is 0.561. The first-order chi connectivity index (χ1) is 6.90. The van der Waals surface area contributed by atoms with Gasteiger partial charge in [0.05, 0.1) is 4.92 Å². The molecule has 0 N–H and O–H groups in total. The molecule has 0 saturated heterocycles. The van der Waals surface area contributed by atoms with Crippen molar-refractivity contribution in [3.63, 3.8) is 0 Å². The van der Waals surface area contributed by atoms with Crippen LogP contribution in [0.15, 0.2) is 24.3 Å². The zero-order valence-electron chi connectivity index (χ0n) is 9.49. The van der Waals surface area contributed by atoms with Crippen LogP contribution in [0.5, 0.6) is 0 Å². The van der Waals surface area contributed by atoms with Crippen LogP contribution in [0.4, 0.5) is 5.69 Å². The summed E-state index contributed by atoms with van der Waals surface area (Å²) in [6.45, 7) is 6.42. The third kappa shape index (κ3) is 3.70. The molecule has 82 valence electrons. The van der Waals surface area contributed by atoms with Gasteiger partial charge in [0.25, 0.3) is 5.69 Å². The van der Waals surface area contributed by atoms with Crippen molar-refractivity contribution >= 4 is 5.69 Å². The van der Waals surface area contributed by atoms with Crippen molar-refractivity contribution in [2.45, 2.75) is 33.6 Å². The van der Waals surface area contributed by atoms with E-state index in [0.29, 0.717) is 0 Å². The molecular weight excluding hydrogens is 190 g/mol. The van der Waals surface area contributed by atoms with Gasteiger partial charge in [0, 0.05) is 11.6 Å². The maximum absolute atomic E-state index is 10.8. The highest BCUT2D eigenvalue weighted by Crippen LogP contribution is 2.25. The molecule has 0 spiro atoms. The van der Waals surface area contributed by atoms with Gasteiger partial charge in [-0.1, -0.05) is 39.0 Å². The molecule has 0 bridgehead atoms. The van der Waals surface area contributed by atoms with Crippen molar-refractivity contribution in [2.24, 2.45) is 5.41 Å². The molecule has 0 radical (unpaired) electrons. The molecule has 0 amide bonds. The molecule has 15 heavy (non-hydrogen) atoms. The molecule has 0 saturated carbocycles. The second kappa shape index (κ2) is 4.43. The lowest BCUT2D eigenvalue weighted by molar-refractivity contribution is -0.385. The van der Waals surface area contributed by atoms with Gasteiger partial charge in [0.15, 0.2) is 0 Å². The van der Waals surface area contributed by atoms with Crippen LogP contribution in [0.1, 0.15) is 32.8 Å². The van der Waals surface area contributed by atoms with Crippen LogP contribution in [0.25, 0.3) is 0 Å². The van der Waals surface area contributed by atoms with E-state index in [4.69, 9.17) is 0 Å². The predicted molar refractivity (Wildman–Crippen MR) is 60.9 cm³/mol. The molecule has 0 aliphatic rings. The summed E-state index contributed by atoms with van der Waals surface area (Å²) >= 11 is 0. The van der Waals surface area contributed by atoms with Gasteiger partial charge < -0.3 is 0 Å². The molecule has 3 nitrogen and oxygen atoms in total. The summed E-state index contributed by atoms with van der Waals surface area (Å²) in [4.78, 5) is 10.4. The average Bonchev–Trinajstić information content (AvgIpc) is 2.14. The number of nitrogens with zero attached hydrogens (tertiary/aromatic N) is 1. The Morgan fingerprint density at radius 1 is 1.27 bits per heavy atom. The summed E-state index contributed by atoms with van der Waals surface area (Å²) in [5, 5.41) is 10.8. The van der Waals surface area contributed by atoms with Crippen molar-refractivity contribution in [1.29, 1.82) is 0 Å². The van der Waals surface area contributed by atoms with Crippen molar-refractivity contribution in [3.05, 3.63) is 39.9 Å². The van der Waals surface area contributed by atoms with Gasteiger partial charge in [0.1, 0.15) is 0 Å². The number of nitro groups is 1. The summed E-state index contributed by atoms with van der Waals surface area (Å²) in [7, 11) is 0. The number of hydrogen-bond donors (Lipinski definition) is 0. The highest BCUT2D eigenvalue weighted by molar-refractivity contribution is 5.39. The summed E-state index contributed by atoms with van der Waals surface area (Å²) in [6.07, 6.45) is 1.72. The standard InChI is InChI=1S/C12H17NO2/c1-12(2,3)9-8-10-6-4-5-7-11(10)13(14)15/h4-7H,8-9H2,1-3H3. The fourth-order valence-electron chi connectivity index (χ4n) is 1.41. The zero-order valence-corrected chi connectivity index (χ0v) is 9.49. The monoisotopic (exact) mass is 207 g/mol. The third-order valence-electron chi connectivity index (χ3n) is 2.33. The Hall–Kier alpha value is -1.38. The maximum atomic E-state index is 10.8. The highest BCUT2D eigenvalue weighted by Gasteiger charge is 2.15. The Balaban J connectivity index is 2.81. The average molecular weight is 207 g/mol. The van der Waals surface area contributed by atoms with Gasteiger partial charge in [-0.3, -0.25) is 10.1 Å². The summed E-state index contributed by atoms with van der Waals surface area (Å²) in [5.74, 6) is 0. The molecule has 0 aliphatic carbocycles. The van der Waals surface area contributed by atoms with Crippen molar-refractivity contribution in [2.75, 3.05) is 0 Å². The zero-order chi connectivity index (χ0) is 11.5. The SMILES string of the molecule is CC(C)(C)CCc1ccccc1[N+](=O)[O-]. The Labute approximate surface area is 90.3 Å². The van der Waals surface area contributed by atoms with Gasteiger partial charge in [-0.25, -0.2) is 0 Å². The molecular formula is C12H17NO2. The Kier molecular flexibility index (Phi) is 3.45. The first kappa shape index (κ1) is 11.7. The second-order valence-electron chi connectivity index (χ2n) is 4.95. The van der Waals surface area contributed by atoms with E-state index in [1.165, 1.54) is 0 Å². The number of aryl methyl sites for hydroxylation is 1. The van der Waals surface area contributed by atoms with E-state index < -0.39 is 0 Å². The predicted octanol–water partition coefficient (Wildman–Crippen LogP) is 3.57. The van der Waals surface area contributed by atoms with E-state index in [1.54, 1.807) is 12.1 Å². The van der Waals surface area contributed by atoms with E-state index in [-0.39, 0.29) is 16.0 Å². The maximum Gasteiger partial charge on any atom is 0.272 e. The molecule has 0 fully saturated rings. The minimum absolute atomic E-state index is 0.212. The van der Waals surface area contributed by atoms with E-state index >= 15 is 0 Å². The Morgan fingerprint density at radius 3 is 2.40 bits per heavy atom. The van der Waals surface area contributed by atoms with Crippen LogP contribution in [-0.2, 0) is 6.42 Å². The van der Waals surface area contributed by atoms with E-state index in [0.717, 1.165) is 18.4 Å². The smallest absolute Gasteiger partial charge is 0.258 e. The van der Waals surface area contributed by atoms with Gasteiger partial charge in [0.2, 0.25) is 0 Å². The lowest BCUT2D eigenvalue weighted by Gasteiger charge is -2.17. The van der Waals surface area contributed by atoms with Crippen LogP contribution < -0.4 is 0 Å². The van der Waals surface area contributed by atoms with Crippen LogP contribution in [0.3, 0.4) is 0 Å². The minimum Gasteiger partial charge on any atom is -0.258 e. The van der Waals surface area contributed by atoms with Crippen molar-refractivity contribution in [1.82, 2.24) is 0 Å². The van der Waals surface area contributed by atoms with E-state index in [9.17, 15) is 10.1 Å². The molecule has 1 aromatic rings. The lowest BCUT2D eigenvalue weighted by Crippen LogP contribution is -2.07. The van der Waals surface area contributed by atoms with Crippen LogP contribution in [0, 0.1) is 15.5 Å². The van der Waals surface area contributed by atoms with Gasteiger partial charge in [-0.15, -0.1) is 0 Å². The highest BCUT2D eigenvalue weighted by atomic mass is 16.6. The van der Waals surface area contributed by atoms with E-state index in [1.807, 2.05) is 12.1 Å². The summed E-state index contributed by atoms with van der Waals surface area (Å²) in [5.41, 5.74) is 1.28. The van der Waals surface area contributed by atoms with Gasteiger partial charge >= 0.3 is 0 Å². The second-order valence-corrected chi connectivity index (χ2v) is 4.95. The molecule has 0 heterocycles. The molecule has 0 aromatic heterocycles. The molecule has 0 unspecified atom stereocenters. The molecule has 0 aliphatic heterocycles. The first-order valence-corrected chi connectivity index (χ1v) is 5.12. The van der Waals surface area contributed by atoms with Crippen molar-refractivity contribution in [3.8, 4) is 0 Å². The third-order valence-corrected chi connectivity index (χ3v) is 2.33. The molecule has 3 heteroatoms. The Morgan fingerprint density at radius 2 is 1.87 bits per heavy atom. The lowest BCUT2D eigenvalue weighted by atomic mass is 9.88. The first-order valence-electron chi connectivity index (χ1n) is 5.12. The normalized spacial score (nSPS) is 11.4. The number of nitro benzene ring substituents is 1. The fourth-order valence-corrected chi connectivity index (χ4v) is 1.41. The minimum atomic E-state index is -0.308. The van der Waals surface area contributed by atoms with Gasteiger partial charge in [-0.05, 0) is 18.3 Å². The van der Waals surface area contributed by atoms with Crippen LogP contribution in [0.2, 0.25) is 0 Å². The van der Waals surface area contributed by atoms with Gasteiger partial charge in [-0.2, -0.15) is 0 Å². The molecule has 1 aromatic carbocycles. The number of hydrogen-bond acceptors (Lipinski definition) is 2. The van der Waals surface area contributed by atoms with Crippen LogP contribution >= 0.6 is 0 Å². The summed E-state index contributed by atoms with van der Waals surface area (Å²) in [6, 6.07) is 6.96. The number of benzene rings is 1. The largest absolute Gasteiger partial charge is 0.272 e. The number of para-hydroxylation sites is 1. The number of rotatable bonds is 3.